The van der Waals surface area contributed by atoms with Crippen molar-refractivity contribution in [1.82, 2.24) is 4.90 Å². The molecule has 2 atom stereocenters. The van der Waals surface area contributed by atoms with Crippen molar-refractivity contribution in [3.63, 3.8) is 0 Å². The zero-order valence-corrected chi connectivity index (χ0v) is 13.2. The number of rotatable bonds is 4. The van der Waals surface area contributed by atoms with Crippen LogP contribution in [0.5, 0.6) is 0 Å². The van der Waals surface area contributed by atoms with Crippen LogP contribution < -0.4 is 0 Å². The van der Waals surface area contributed by atoms with Crippen molar-refractivity contribution in [3.8, 4) is 0 Å². The summed E-state index contributed by atoms with van der Waals surface area (Å²) in [7, 11) is 0. The maximum atomic E-state index is 12.9. The van der Waals surface area contributed by atoms with Gasteiger partial charge in [-0.25, -0.2) is 0 Å². The van der Waals surface area contributed by atoms with Crippen LogP contribution in [0.25, 0.3) is 0 Å². The highest BCUT2D eigenvalue weighted by molar-refractivity contribution is 5.80. The van der Waals surface area contributed by atoms with E-state index in [2.05, 4.69) is 53.4 Å². The number of carbonyl (C=O) groups excluding carboxylic acids is 1. The van der Waals surface area contributed by atoms with E-state index >= 15 is 0 Å². The van der Waals surface area contributed by atoms with Crippen LogP contribution in [-0.4, -0.2) is 22.9 Å². The van der Waals surface area contributed by atoms with Gasteiger partial charge in [0.1, 0.15) is 0 Å². The van der Waals surface area contributed by atoms with E-state index in [1.165, 1.54) is 6.42 Å². The quantitative estimate of drug-likeness (QED) is 0.743. The molecule has 1 saturated heterocycles. The fraction of sp³-hybridized carbons (Fsp3) is 0.938. The highest BCUT2D eigenvalue weighted by Gasteiger charge is 2.40. The molecule has 0 spiro atoms. The molecule has 0 saturated carbocycles. The van der Waals surface area contributed by atoms with E-state index in [0.717, 1.165) is 6.42 Å². The molecule has 1 aliphatic heterocycles. The summed E-state index contributed by atoms with van der Waals surface area (Å²) in [6.07, 6.45) is 2.34. The Morgan fingerprint density at radius 1 is 1.00 bits per heavy atom. The van der Waals surface area contributed by atoms with E-state index < -0.39 is 0 Å². The van der Waals surface area contributed by atoms with Gasteiger partial charge in [0.2, 0.25) is 5.91 Å². The van der Waals surface area contributed by atoms with Crippen LogP contribution >= 0.6 is 0 Å². The minimum Gasteiger partial charge on any atom is -0.336 e. The van der Waals surface area contributed by atoms with Crippen molar-refractivity contribution >= 4 is 5.91 Å². The first-order valence-corrected chi connectivity index (χ1v) is 7.59. The topological polar surface area (TPSA) is 20.3 Å². The van der Waals surface area contributed by atoms with Gasteiger partial charge in [0, 0.05) is 18.0 Å². The van der Waals surface area contributed by atoms with Crippen LogP contribution in [0.4, 0.5) is 0 Å². The minimum absolute atomic E-state index is 0.173. The van der Waals surface area contributed by atoms with Crippen LogP contribution in [-0.2, 0) is 4.79 Å². The average molecular weight is 253 g/mol. The molecule has 0 bridgehead atoms. The molecule has 0 N–H and O–H groups in total. The first-order valence-electron chi connectivity index (χ1n) is 7.59. The monoisotopic (exact) mass is 253 g/mol. The van der Waals surface area contributed by atoms with Gasteiger partial charge in [0.05, 0.1) is 0 Å². The molecule has 0 aromatic rings. The van der Waals surface area contributed by atoms with Gasteiger partial charge in [0.15, 0.2) is 0 Å². The molecule has 2 nitrogen and oxygen atoms in total. The minimum atomic E-state index is 0.173. The molecule has 0 aromatic carbocycles. The zero-order valence-electron chi connectivity index (χ0n) is 13.2. The first kappa shape index (κ1) is 15.5. The maximum absolute atomic E-state index is 12.9. The molecule has 0 aliphatic carbocycles. The van der Waals surface area contributed by atoms with E-state index in [9.17, 15) is 4.79 Å². The van der Waals surface area contributed by atoms with E-state index in [0.29, 0.717) is 35.7 Å². The van der Waals surface area contributed by atoms with Crippen molar-refractivity contribution in [2.75, 3.05) is 0 Å². The van der Waals surface area contributed by atoms with Crippen molar-refractivity contribution in [3.05, 3.63) is 0 Å². The molecule has 0 aromatic heterocycles. The van der Waals surface area contributed by atoms with E-state index in [1.807, 2.05) is 0 Å². The number of nitrogens with zero attached hydrogens (tertiary/aromatic N) is 1. The van der Waals surface area contributed by atoms with Crippen LogP contribution in [0.3, 0.4) is 0 Å². The summed E-state index contributed by atoms with van der Waals surface area (Å²) in [6, 6.07) is 0.873. The van der Waals surface area contributed by atoms with Gasteiger partial charge in [-0.2, -0.15) is 0 Å². The predicted octanol–water partition coefficient (Wildman–Crippen LogP) is 3.95. The van der Waals surface area contributed by atoms with Crippen LogP contribution in [0.15, 0.2) is 0 Å². The second-order valence-electron chi connectivity index (χ2n) is 7.00. The smallest absolute Gasteiger partial charge is 0.226 e. The van der Waals surface area contributed by atoms with Gasteiger partial charge in [-0.1, -0.05) is 41.5 Å². The fourth-order valence-electron chi connectivity index (χ4n) is 3.56. The summed E-state index contributed by atoms with van der Waals surface area (Å²) in [4.78, 5) is 15.1. The molecule has 1 rings (SSSR count). The number of hydrogen-bond donors (Lipinski definition) is 0. The fourth-order valence-corrected chi connectivity index (χ4v) is 3.56. The summed E-state index contributed by atoms with van der Waals surface area (Å²) >= 11 is 0. The molecule has 1 fully saturated rings. The molecule has 0 radical (unpaired) electrons. The lowest BCUT2D eigenvalue weighted by Gasteiger charge is -2.36. The second-order valence-corrected chi connectivity index (χ2v) is 7.00. The van der Waals surface area contributed by atoms with Gasteiger partial charge in [-0.15, -0.1) is 0 Å². The van der Waals surface area contributed by atoms with Crippen molar-refractivity contribution in [2.45, 2.75) is 73.4 Å². The Morgan fingerprint density at radius 3 is 1.89 bits per heavy atom. The Balaban J connectivity index is 2.92. The first-order chi connectivity index (χ1) is 8.27. The predicted molar refractivity (Wildman–Crippen MR) is 77.3 cm³/mol. The highest BCUT2D eigenvalue weighted by Crippen LogP contribution is 2.33. The molecule has 106 valence electrons. The summed E-state index contributed by atoms with van der Waals surface area (Å²) in [5, 5.41) is 0. The lowest BCUT2D eigenvalue weighted by atomic mass is 9.83. The molecular weight excluding hydrogens is 222 g/mol. The van der Waals surface area contributed by atoms with Crippen LogP contribution in [0, 0.1) is 23.7 Å². The van der Waals surface area contributed by atoms with Gasteiger partial charge in [0.25, 0.3) is 0 Å². The largest absolute Gasteiger partial charge is 0.336 e. The third-order valence-corrected chi connectivity index (χ3v) is 4.46. The Kier molecular flexibility index (Phi) is 5.24. The van der Waals surface area contributed by atoms with Crippen LogP contribution in [0.2, 0.25) is 0 Å². The van der Waals surface area contributed by atoms with Gasteiger partial charge < -0.3 is 4.90 Å². The molecule has 1 heterocycles. The average Bonchev–Trinajstić information content (AvgIpc) is 2.58. The molecule has 18 heavy (non-hydrogen) atoms. The molecule has 2 heteroatoms. The number of carbonyl (C=O) groups is 1. The normalized spacial score (nSPS) is 24.9. The number of amides is 1. The third-order valence-electron chi connectivity index (χ3n) is 4.46. The van der Waals surface area contributed by atoms with E-state index in [1.54, 1.807) is 0 Å². The molecular formula is C16H31NO. The standard InChI is InChI=1S/C16H31NO/c1-10(2)14-9-8-13(7)17(14)16(18)15(11(3)4)12(5)6/h10-15H,8-9H2,1-7H3/t13?,14-/m0/s1. The Labute approximate surface area is 113 Å². The lowest BCUT2D eigenvalue weighted by Crippen LogP contribution is -2.47. The Morgan fingerprint density at radius 2 is 1.50 bits per heavy atom. The van der Waals surface area contributed by atoms with Crippen LogP contribution in [0.1, 0.15) is 61.3 Å². The van der Waals surface area contributed by atoms with Gasteiger partial charge in [-0.3, -0.25) is 4.79 Å². The molecule has 1 aliphatic rings. The maximum Gasteiger partial charge on any atom is 0.226 e. The van der Waals surface area contributed by atoms with Crippen molar-refractivity contribution in [2.24, 2.45) is 23.7 Å². The third kappa shape index (κ3) is 3.07. The summed E-state index contributed by atoms with van der Waals surface area (Å²) < 4.78 is 0. The summed E-state index contributed by atoms with van der Waals surface area (Å²) in [6.45, 7) is 15.4. The second kappa shape index (κ2) is 6.08. The highest BCUT2D eigenvalue weighted by atomic mass is 16.2. The summed E-state index contributed by atoms with van der Waals surface area (Å²) in [5.41, 5.74) is 0. The Hall–Kier alpha value is -0.530. The lowest BCUT2D eigenvalue weighted by molar-refractivity contribution is -0.142. The molecule has 1 unspecified atom stereocenters. The van der Waals surface area contributed by atoms with Crippen molar-refractivity contribution < 1.29 is 4.79 Å². The van der Waals surface area contributed by atoms with E-state index in [-0.39, 0.29) is 5.92 Å². The SMILES string of the molecule is CC(C)C(C(=O)N1C(C)CC[C@H]1C(C)C)C(C)C. The van der Waals surface area contributed by atoms with Gasteiger partial charge in [-0.05, 0) is 37.5 Å². The Bertz CT molecular complexity index is 275. The number of hydrogen-bond acceptors (Lipinski definition) is 1. The van der Waals surface area contributed by atoms with E-state index in [4.69, 9.17) is 0 Å². The zero-order chi connectivity index (χ0) is 14.0. The number of likely N-dealkylation sites (tertiary alicyclic amines) is 1. The van der Waals surface area contributed by atoms with Gasteiger partial charge >= 0.3 is 0 Å². The van der Waals surface area contributed by atoms with Crippen molar-refractivity contribution in [1.29, 1.82) is 0 Å². The summed E-state index contributed by atoms with van der Waals surface area (Å²) in [5.74, 6) is 1.99. The molecule has 1 amide bonds.